The third kappa shape index (κ3) is 3.38. The number of ether oxygens (including phenoxy) is 1. The molecule has 5 nitrogen and oxygen atoms in total. The van der Waals surface area contributed by atoms with Gasteiger partial charge in [-0.25, -0.2) is 0 Å². The summed E-state index contributed by atoms with van der Waals surface area (Å²) < 4.78 is 10.5. The van der Waals surface area contributed by atoms with Crippen LogP contribution in [0.5, 0.6) is 5.75 Å². The molecule has 1 N–H and O–H groups in total. The van der Waals surface area contributed by atoms with Crippen LogP contribution in [-0.4, -0.2) is 17.2 Å². The summed E-state index contributed by atoms with van der Waals surface area (Å²) in [6.45, 7) is 7.49. The summed E-state index contributed by atoms with van der Waals surface area (Å²) in [5, 5.41) is 6.35. The van der Waals surface area contributed by atoms with Gasteiger partial charge in [0.05, 0.1) is 0 Å². The Morgan fingerprint density at radius 1 is 1.25 bits per heavy atom. The maximum atomic E-state index is 12.0. The molecule has 0 saturated heterocycles. The predicted molar refractivity (Wildman–Crippen MR) is 75.9 cm³/mol. The number of nitrogens with zero attached hydrogens (tertiary/aromatic N) is 1. The highest BCUT2D eigenvalue weighted by molar-refractivity contribution is 5.93. The highest BCUT2D eigenvalue weighted by Crippen LogP contribution is 2.18. The monoisotopic (exact) mass is 274 g/mol. The molecule has 0 radical (unpaired) electrons. The largest absolute Gasteiger partial charge is 0.481 e. The molecule has 1 aromatic heterocycles. The van der Waals surface area contributed by atoms with Gasteiger partial charge in [0.25, 0.3) is 5.91 Å². The number of nitrogens with one attached hydrogen (secondary N) is 1. The number of benzene rings is 1. The summed E-state index contributed by atoms with van der Waals surface area (Å²) >= 11 is 0. The van der Waals surface area contributed by atoms with Gasteiger partial charge in [0.2, 0.25) is 0 Å². The number of anilines is 1. The lowest BCUT2D eigenvalue weighted by Crippen LogP contribution is -2.30. The van der Waals surface area contributed by atoms with E-state index < -0.39 is 6.10 Å². The molecule has 1 atom stereocenters. The van der Waals surface area contributed by atoms with Crippen molar-refractivity contribution in [2.75, 3.05) is 5.32 Å². The van der Waals surface area contributed by atoms with Crippen molar-refractivity contribution in [2.45, 2.75) is 33.8 Å². The molecule has 0 aliphatic heterocycles. The second kappa shape index (κ2) is 5.77. The lowest BCUT2D eigenvalue weighted by Gasteiger charge is -2.14. The van der Waals surface area contributed by atoms with Gasteiger partial charge in [-0.05, 0) is 51.0 Å². The quantitative estimate of drug-likeness (QED) is 0.930. The van der Waals surface area contributed by atoms with Crippen LogP contribution >= 0.6 is 0 Å². The van der Waals surface area contributed by atoms with Crippen molar-refractivity contribution in [3.8, 4) is 5.75 Å². The SMILES string of the molecule is Cc1cc(NC(=O)[C@@H](C)Oc2ccc(C)c(C)c2)no1. The van der Waals surface area contributed by atoms with Crippen LogP contribution in [0.2, 0.25) is 0 Å². The molecule has 0 aliphatic carbocycles. The smallest absolute Gasteiger partial charge is 0.266 e. The van der Waals surface area contributed by atoms with E-state index >= 15 is 0 Å². The van der Waals surface area contributed by atoms with E-state index in [-0.39, 0.29) is 5.91 Å². The number of aryl methyl sites for hydroxylation is 3. The number of carbonyl (C=O) groups excluding carboxylic acids is 1. The molecule has 1 heterocycles. The molecule has 0 fully saturated rings. The van der Waals surface area contributed by atoms with Crippen LogP contribution in [0.4, 0.5) is 5.82 Å². The van der Waals surface area contributed by atoms with Gasteiger partial charge in [-0.15, -0.1) is 0 Å². The van der Waals surface area contributed by atoms with Crippen molar-refractivity contribution in [3.63, 3.8) is 0 Å². The summed E-state index contributed by atoms with van der Waals surface area (Å²) in [6, 6.07) is 7.39. The number of rotatable bonds is 4. The minimum absolute atomic E-state index is 0.267. The van der Waals surface area contributed by atoms with Crippen LogP contribution < -0.4 is 10.1 Å². The van der Waals surface area contributed by atoms with Gasteiger partial charge in [0.1, 0.15) is 11.5 Å². The minimum Gasteiger partial charge on any atom is -0.481 e. The standard InChI is InChI=1S/C15H18N2O3/c1-9-5-6-13(7-10(9)2)19-12(4)15(18)16-14-8-11(3)20-17-14/h5-8,12H,1-4H3,(H,16,17,18)/t12-/m1/s1. The third-order valence-corrected chi connectivity index (χ3v) is 3.04. The first-order valence-corrected chi connectivity index (χ1v) is 6.44. The van der Waals surface area contributed by atoms with Gasteiger partial charge in [-0.1, -0.05) is 11.2 Å². The Balaban J connectivity index is 1.98. The fraction of sp³-hybridized carbons (Fsp3) is 0.333. The molecule has 1 amide bonds. The summed E-state index contributed by atoms with van der Waals surface area (Å²) in [6.07, 6.45) is -0.617. The van der Waals surface area contributed by atoms with Crippen molar-refractivity contribution in [1.29, 1.82) is 0 Å². The highest BCUT2D eigenvalue weighted by Gasteiger charge is 2.16. The van der Waals surface area contributed by atoms with Gasteiger partial charge in [-0.3, -0.25) is 4.79 Å². The fourth-order valence-electron chi connectivity index (χ4n) is 1.70. The minimum atomic E-state index is -0.617. The van der Waals surface area contributed by atoms with E-state index in [1.165, 1.54) is 5.56 Å². The first kappa shape index (κ1) is 14.1. The van der Waals surface area contributed by atoms with E-state index in [0.717, 1.165) is 5.56 Å². The van der Waals surface area contributed by atoms with Crippen LogP contribution in [0.25, 0.3) is 0 Å². The van der Waals surface area contributed by atoms with E-state index in [1.807, 2.05) is 32.0 Å². The molecule has 20 heavy (non-hydrogen) atoms. The Kier molecular flexibility index (Phi) is 4.08. The molecule has 0 saturated carbocycles. The van der Waals surface area contributed by atoms with Crippen molar-refractivity contribution in [3.05, 3.63) is 41.2 Å². The van der Waals surface area contributed by atoms with E-state index in [2.05, 4.69) is 10.5 Å². The van der Waals surface area contributed by atoms with Gasteiger partial charge in [-0.2, -0.15) is 0 Å². The summed E-state index contributed by atoms with van der Waals surface area (Å²) in [5.74, 6) is 1.44. The molecule has 1 aromatic carbocycles. The molecule has 0 bridgehead atoms. The molecule has 0 spiro atoms. The van der Waals surface area contributed by atoms with E-state index in [1.54, 1.807) is 19.9 Å². The van der Waals surface area contributed by atoms with Crippen LogP contribution in [0.15, 0.2) is 28.8 Å². The molecule has 5 heteroatoms. The van der Waals surface area contributed by atoms with Crippen molar-refractivity contribution in [2.24, 2.45) is 0 Å². The van der Waals surface area contributed by atoms with Crippen molar-refractivity contribution < 1.29 is 14.1 Å². The number of aromatic nitrogens is 1. The van der Waals surface area contributed by atoms with Gasteiger partial charge in [0.15, 0.2) is 11.9 Å². The highest BCUT2D eigenvalue weighted by atomic mass is 16.5. The predicted octanol–water partition coefficient (Wildman–Crippen LogP) is 3.01. The second-order valence-electron chi connectivity index (χ2n) is 4.82. The molecular formula is C15H18N2O3. The Bertz CT molecular complexity index is 619. The average molecular weight is 274 g/mol. The summed E-state index contributed by atoms with van der Waals surface area (Å²) in [5.41, 5.74) is 2.31. The van der Waals surface area contributed by atoms with Gasteiger partial charge < -0.3 is 14.6 Å². The Morgan fingerprint density at radius 2 is 2.00 bits per heavy atom. The van der Waals surface area contributed by atoms with E-state index in [4.69, 9.17) is 9.26 Å². The number of hydrogen-bond donors (Lipinski definition) is 1. The fourth-order valence-corrected chi connectivity index (χ4v) is 1.70. The zero-order valence-corrected chi connectivity index (χ0v) is 12.1. The van der Waals surface area contributed by atoms with Crippen molar-refractivity contribution >= 4 is 11.7 Å². The lowest BCUT2D eigenvalue weighted by atomic mass is 10.1. The first-order chi connectivity index (χ1) is 9.45. The molecule has 0 unspecified atom stereocenters. The van der Waals surface area contributed by atoms with Gasteiger partial charge >= 0.3 is 0 Å². The maximum absolute atomic E-state index is 12.0. The molecule has 106 valence electrons. The Hall–Kier alpha value is -2.30. The molecule has 0 aliphatic rings. The normalized spacial score (nSPS) is 12.0. The summed E-state index contributed by atoms with van der Waals surface area (Å²) in [4.78, 5) is 12.0. The average Bonchev–Trinajstić information content (AvgIpc) is 2.79. The topological polar surface area (TPSA) is 64.4 Å². The first-order valence-electron chi connectivity index (χ1n) is 6.44. The second-order valence-corrected chi connectivity index (χ2v) is 4.82. The molecule has 2 rings (SSSR count). The number of hydrogen-bond acceptors (Lipinski definition) is 4. The number of amides is 1. The van der Waals surface area contributed by atoms with E-state index in [9.17, 15) is 4.79 Å². The Labute approximate surface area is 117 Å². The number of carbonyl (C=O) groups is 1. The lowest BCUT2D eigenvalue weighted by molar-refractivity contribution is -0.122. The van der Waals surface area contributed by atoms with Crippen LogP contribution in [0.1, 0.15) is 23.8 Å². The van der Waals surface area contributed by atoms with Gasteiger partial charge in [0, 0.05) is 6.07 Å². The van der Waals surface area contributed by atoms with Crippen LogP contribution in [0, 0.1) is 20.8 Å². The third-order valence-electron chi connectivity index (χ3n) is 3.04. The van der Waals surface area contributed by atoms with Crippen LogP contribution in [0.3, 0.4) is 0 Å². The zero-order chi connectivity index (χ0) is 14.7. The Morgan fingerprint density at radius 3 is 2.60 bits per heavy atom. The van der Waals surface area contributed by atoms with Crippen molar-refractivity contribution in [1.82, 2.24) is 5.16 Å². The van der Waals surface area contributed by atoms with E-state index in [0.29, 0.717) is 17.3 Å². The molecule has 2 aromatic rings. The summed E-state index contributed by atoms with van der Waals surface area (Å²) in [7, 11) is 0. The maximum Gasteiger partial charge on any atom is 0.266 e. The zero-order valence-electron chi connectivity index (χ0n) is 12.1. The molecular weight excluding hydrogens is 256 g/mol. The van der Waals surface area contributed by atoms with Crippen LogP contribution in [-0.2, 0) is 4.79 Å².